The molecule has 10 heteroatoms. The summed E-state index contributed by atoms with van der Waals surface area (Å²) in [5.74, 6) is -0.662. The zero-order valence-corrected chi connectivity index (χ0v) is 21.2. The number of nitrogens with zero attached hydrogens (tertiary/aromatic N) is 2. The van der Waals surface area contributed by atoms with E-state index in [0.29, 0.717) is 24.5 Å². The molecular weight excluding hydrogens is 467 g/mol. The maximum atomic E-state index is 13.9. The van der Waals surface area contributed by atoms with Gasteiger partial charge in [0.25, 0.3) is 5.91 Å². The molecule has 0 unspecified atom stereocenters. The molecule has 4 amide bonds. The zero-order valence-electron chi connectivity index (χ0n) is 21.2. The van der Waals surface area contributed by atoms with Crippen LogP contribution in [-0.2, 0) is 9.53 Å². The summed E-state index contributed by atoms with van der Waals surface area (Å²) in [7, 11) is 3.24. The minimum Gasteiger partial charge on any atom is -0.491 e. The van der Waals surface area contributed by atoms with Crippen LogP contribution in [0.15, 0.2) is 42.5 Å². The number of methoxy groups -OCH3 is 1. The molecule has 9 nitrogen and oxygen atoms in total. The van der Waals surface area contributed by atoms with Crippen LogP contribution < -0.4 is 15.4 Å². The fourth-order valence-electron chi connectivity index (χ4n) is 4.14. The van der Waals surface area contributed by atoms with E-state index in [1.165, 1.54) is 36.1 Å². The van der Waals surface area contributed by atoms with Crippen LogP contribution in [0.1, 0.15) is 31.1 Å². The van der Waals surface area contributed by atoms with E-state index in [9.17, 15) is 18.8 Å². The number of para-hydroxylation sites is 1. The van der Waals surface area contributed by atoms with Crippen LogP contribution in [0.25, 0.3) is 0 Å². The van der Waals surface area contributed by atoms with Gasteiger partial charge in [-0.3, -0.25) is 9.59 Å². The van der Waals surface area contributed by atoms with Crippen LogP contribution in [0.3, 0.4) is 0 Å². The lowest BCUT2D eigenvalue weighted by Gasteiger charge is -2.35. The average Bonchev–Trinajstić information content (AvgIpc) is 2.84. The van der Waals surface area contributed by atoms with Gasteiger partial charge in [-0.1, -0.05) is 19.1 Å². The molecule has 0 saturated heterocycles. The molecule has 0 radical (unpaired) electrons. The normalized spacial score (nSPS) is 20.9. The number of amides is 4. The number of rotatable bonds is 3. The van der Waals surface area contributed by atoms with Gasteiger partial charge >= 0.3 is 6.03 Å². The smallest absolute Gasteiger partial charge is 0.323 e. The molecule has 0 spiro atoms. The van der Waals surface area contributed by atoms with Crippen LogP contribution in [0.5, 0.6) is 5.75 Å². The van der Waals surface area contributed by atoms with E-state index < -0.39 is 11.8 Å². The maximum Gasteiger partial charge on any atom is 0.323 e. The standard InChI is InChI=1S/C26H33FN4O5/c1-16-13-31(18(3)32)17(2)15-36-23-11-10-19(12-20(23)25(33)30(4)14-24(16)35-5)28-26(34)29-22-9-7-6-8-21(22)27/h6-12,16-17,24H,13-15H2,1-5H3,(H2,28,29,34)/t16-,17+,24+/m0/s1. The molecule has 194 valence electrons. The third kappa shape index (κ3) is 6.51. The van der Waals surface area contributed by atoms with Crippen molar-refractivity contribution in [2.45, 2.75) is 32.9 Å². The maximum absolute atomic E-state index is 13.9. The highest BCUT2D eigenvalue weighted by Crippen LogP contribution is 2.27. The Kier molecular flexibility index (Phi) is 8.87. The van der Waals surface area contributed by atoms with Crippen LogP contribution >= 0.6 is 0 Å². The molecule has 0 aromatic heterocycles. The summed E-state index contributed by atoms with van der Waals surface area (Å²) in [6, 6.07) is 9.61. The number of benzene rings is 2. The van der Waals surface area contributed by atoms with E-state index in [-0.39, 0.29) is 47.7 Å². The van der Waals surface area contributed by atoms with E-state index >= 15 is 0 Å². The van der Waals surface area contributed by atoms with Crippen molar-refractivity contribution in [3.05, 3.63) is 53.8 Å². The highest BCUT2D eigenvalue weighted by atomic mass is 19.1. The van der Waals surface area contributed by atoms with E-state index in [0.717, 1.165) is 0 Å². The number of ether oxygens (including phenoxy) is 2. The Hall–Kier alpha value is -3.66. The fraction of sp³-hybridized carbons (Fsp3) is 0.423. The monoisotopic (exact) mass is 500 g/mol. The Bertz CT molecular complexity index is 1110. The van der Waals surface area contributed by atoms with E-state index in [1.54, 1.807) is 37.3 Å². The van der Waals surface area contributed by atoms with Crippen molar-refractivity contribution >= 4 is 29.2 Å². The number of nitrogens with one attached hydrogen (secondary N) is 2. The molecule has 0 fully saturated rings. The summed E-state index contributed by atoms with van der Waals surface area (Å²) in [6.45, 7) is 6.32. The second-order valence-corrected chi connectivity index (χ2v) is 9.04. The van der Waals surface area contributed by atoms with Crippen molar-refractivity contribution < 1.29 is 28.2 Å². The molecule has 0 aliphatic carbocycles. The van der Waals surface area contributed by atoms with Crippen molar-refractivity contribution in [3.63, 3.8) is 0 Å². The van der Waals surface area contributed by atoms with E-state index in [4.69, 9.17) is 9.47 Å². The Labute approximate surface area is 210 Å². The molecule has 1 heterocycles. The molecule has 3 rings (SSSR count). The number of fused-ring (bicyclic) bond motifs is 1. The summed E-state index contributed by atoms with van der Waals surface area (Å²) in [5.41, 5.74) is 0.602. The summed E-state index contributed by atoms with van der Waals surface area (Å²) in [6.07, 6.45) is -0.301. The third-order valence-corrected chi connectivity index (χ3v) is 6.23. The topological polar surface area (TPSA) is 100 Å². The van der Waals surface area contributed by atoms with Crippen LogP contribution in [-0.4, -0.2) is 73.6 Å². The number of carbonyl (C=O) groups is 3. The average molecular weight is 501 g/mol. The number of urea groups is 1. The van der Waals surface area contributed by atoms with Gasteiger partial charge in [-0.15, -0.1) is 0 Å². The Morgan fingerprint density at radius 2 is 1.83 bits per heavy atom. The summed E-state index contributed by atoms with van der Waals surface area (Å²) < 4.78 is 25.5. The van der Waals surface area contributed by atoms with Crippen LogP contribution in [0.4, 0.5) is 20.6 Å². The summed E-state index contributed by atoms with van der Waals surface area (Å²) in [5, 5.41) is 5.08. The largest absolute Gasteiger partial charge is 0.491 e. The van der Waals surface area contributed by atoms with Gasteiger partial charge in [0.2, 0.25) is 5.91 Å². The number of likely N-dealkylation sites (N-methyl/N-ethyl adjacent to an activating group) is 1. The molecule has 1 aliphatic rings. The quantitative estimate of drug-likeness (QED) is 0.668. The SMILES string of the molecule is CO[C@@H]1CN(C)C(=O)c2cc(NC(=O)Nc3ccccc3F)ccc2OC[C@@H](C)N(C(C)=O)C[C@@H]1C. The van der Waals surface area contributed by atoms with Crippen LogP contribution in [0.2, 0.25) is 0 Å². The number of carbonyl (C=O) groups excluding carboxylic acids is 3. The van der Waals surface area contributed by atoms with E-state index in [2.05, 4.69) is 10.6 Å². The Balaban J connectivity index is 1.89. The minimum atomic E-state index is -0.658. The molecule has 0 saturated carbocycles. The van der Waals surface area contributed by atoms with Crippen molar-refractivity contribution in [2.75, 3.05) is 44.5 Å². The van der Waals surface area contributed by atoms with Crippen molar-refractivity contribution in [2.24, 2.45) is 5.92 Å². The first-order chi connectivity index (χ1) is 17.1. The number of anilines is 2. The third-order valence-electron chi connectivity index (χ3n) is 6.23. The van der Waals surface area contributed by atoms with Gasteiger partial charge < -0.3 is 29.9 Å². The Morgan fingerprint density at radius 1 is 1.11 bits per heavy atom. The lowest BCUT2D eigenvalue weighted by atomic mass is 10.0. The van der Waals surface area contributed by atoms with E-state index in [1.807, 2.05) is 13.8 Å². The van der Waals surface area contributed by atoms with Crippen molar-refractivity contribution in [3.8, 4) is 5.75 Å². The van der Waals surface area contributed by atoms with Crippen molar-refractivity contribution in [1.29, 1.82) is 0 Å². The lowest BCUT2D eigenvalue weighted by molar-refractivity contribution is -0.133. The molecule has 36 heavy (non-hydrogen) atoms. The van der Waals surface area contributed by atoms with Gasteiger partial charge in [-0.05, 0) is 37.3 Å². The minimum absolute atomic E-state index is 0.0317. The molecule has 1 aliphatic heterocycles. The highest BCUT2D eigenvalue weighted by Gasteiger charge is 2.29. The molecule has 3 atom stereocenters. The molecular formula is C26H33FN4O5. The van der Waals surface area contributed by atoms with Crippen LogP contribution in [0, 0.1) is 11.7 Å². The van der Waals surface area contributed by atoms with Gasteiger partial charge in [-0.2, -0.15) is 0 Å². The van der Waals surface area contributed by atoms with Gasteiger partial charge in [-0.25, -0.2) is 9.18 Å². The highest BCUT2D eigenvalue weighted by molar-refractivity contribution is 6.02. The van der Waals surface area contributed by atoms with Crippen molar-refractivity contribution in [1.82, 2.24) is 9.80 Å². The number of halogens is 1. The molecule has 2 aromatic carbocycles. The lowest BCUT2D eigenvalue weighted by Crippen LogP contribution is -2.48. The fourth-order valence-corrected chi connectivity index (χ4v) is 4.14. The second-order valence-electron chi connectivity index (χ2n) is 9.04. The predicted octanol–water partition coefficient (Wildman–Crippen LogP) is 3.82. The first kappa shape index (κ1) is 26.9. The number of hydrogen-bond donors (Lipinski definition) is 2. The second kappa shape index (κ2) is 11.9. The number of hydrogen-bond acceptors (Lipinski definition) is 5. The Morgan fingerprint density at radius 3 is 2.50 bits per heavy atom. The zero-order chi connectivity index (χ0) is 26.4. The predicted molar refractivity (Wildman–Crippen MR) is 135 cm³/mol. The molecule has 2 N–H and O–H groups in total. The first-order valence-electron chi connectivity index (χ1n) is 11.8. The first-order valence-corrected chi connectivity index (χ1v) is 11.8. The van der Waals surface area contributed by atoms with Gasteiger partial charge in [0.1, 0.15) is 18.2 Å². The van der Waals surface area contributed by atoms with Gasteiger partial charge in [0.05, 0.1) is 23.4 Å². The summed E-state index contributed by atoms with van der Waals surface area (Å²) >= 11 is 0. The van der Waals surface area contributed by atoms with Gasteiger partial charge in [0, 0.05) is 45.8 Å². The van der Waals surface area contributed by atoms with Gasteiger partial charge in [0.15, 0.2) is 0 Å². The summed E-state index contributed by atoms with van der Waals surface area (Å²) in [4.78, 5) is 41.4. The molecule has 0 bridgehead atoms. The molecule has 2 aromatic rings.